The van der Waals surface area contributed by atoms with E-state index in [1.807, 2.05) is 0 Å². The molecule has 32 heavy (non-hydrogen) atoms. The molecule has 2 aliphatic rings. The topological polar surface area (TPSA) is 60.4 Å². The van der Waals surface area contributed by atoms with E-state index < -0.39 is 39.5 Å². The molecule has 2 fully saturated rings. The van der Waals surface area contributed by atoms with Crippen LogP contribution in [0.2, 0.25) is 0 Å². The molecule has 0 radical (unpaired) electrons. The molecule has 0 bridgehead atoms. The molecule has 0 amide bonds. The smallest absolute Gasteiger partial charge is 0.299 e. The summed E-state index contributed by atoms with van der Waals surface area (Å²) < 4.78 is 140. The van der Waals surface area contributed by atoms with Crippen LogP contribution in [0.5, 0.6) is 0 Å². The third-order valence-corrected chi connectivity index (χ3v) is 7.07. The summed E-state index contributed by atoms with van der Waals surface area (Å²) in [5.74, 6) is -12.9. The number of halogens is 9. The van der Waals surface area contributed by atoms with Crippen molar-refractivity contribution in [1.29, 1.82) is 0 Å². The third-order valence-electron chi connectivity index (χ3n) is 5.17. The lowest BCUT2D eigenvalue weighted by atomic mass is 9.89. The highest BCUT2D eigenvalue weighted by Gasteiger charge is 2.85. The van der Waals surface area contributed by atoms with Gasteiger partial charge in [0.05, 0.1) is 12.0 Å². The van der Waals surface area contributed by atoms with E-state index in [1.54, 1.807) is 0 Å². The zero-order valence-corrected chi connectivity index (χ0v) is 18.5. The largest absolute Gasteiger partial charge is 0.460 e. The minimum atomic E-state index is -7.27. The Balaban J connectivity index is 0.000000471. The normalized spacial score (nSPS) is 22.3. The zero-order chi connectivity index (χ0) is 25.0. The molecule has 0 aromatic rings. The SMILES string of the molecule is O=C1CCCCC1C[SH2+].O=S(=O)(OC1CCCCC1)C(F)(F)C(F)(F)C(F)(F)C(F)(F)F. The van der Waals surface area contributed by atoms with E-state index in [1.165, 1.54) is 6.42 Å². The van der Waals surface area contributed by atoms with Crippen LogP contribution in [0.15, 0.2) is 0 Å². The number of hydrogen-bond acceptors (Lipinski definition) is 4. The third kappa shape index (κ3) is 6.24. The fourth-order valence-corrected chi connectivity index (χ4v) is 4.74. The number of hydrogen-bond donors (Lipinski definition) is 0. The average Bonchev–Trinajstić information content (AvgIpc) is 2.68. The highest BCUT2D eigenvalue weighted by molar-refractivity contribution is 7.87. The van der Waals surface area contributed by atoms with Crippen LogP contribution < -0.4 is 0 Å². The molecule has 2 aliphatic carbocycles. The summed E-state index contributed by atoms with van der Waals surface area (Å²) in [7, 11) is -6.72. The molecular weight excluding hydrogens is 503 g/mol. The van der Waals surface area contributed by atoms with Gasteiger partial charge in [0.25, 0.3) is 0 Å². The predicted molar refractivity (Wildman–Crippen MR) is 99.8 cm³/mol. The second-order valence-electron chi connectivity index (χ2n) is 7.59. The minimum absolute atomic E-state index is 0.128. The highest BCUT2D eigenvalue weighted by Crippen LogP contribution is 2.55. The molecule has 0 aromatic heterocycles. The predicted octanol–water partition coefficient (Wildman–Crippen LogP) is 4.85. The lowest BCUT2D eigenvalue weighted by Gasteiger charge is -2.33. The Labute approximate surface area is 184 Å². The number of carbonyl (C=O) groups is 1. The Bertz CT molecular complexity index is 733. The molecule has 0 N–H and O–H groups in total. The van der Waals surface area contributed by atoms with Gasteiger partial charge in [-0.2, -0.15) is 47.9 Å². The van der Waals surface area contributed by atoms with E-state index in [0.29, 0.717) is 31.0 Å². The van der Waals surface area contributed by atoms with Gasteiger partial charge in [-0.1, -0.05) is 25.7 Å². The summed E-state index contributed by atoms with van der Waals surface area (Å²) in [5.41, 5.74) is 0. The van der Waals surface area contributed by atoms with E-state index in [0.717, 1.165) is 25.0 Å². The summed E-state index contributed by atoms with van der Waals surface area (Å²) in [6, 6.07) is 0. The zero-order valence-electron chi connectivity index (χ0n) is 16.7. The van der Waals surface area contributed by atoms with Crippen molar-refractivity contribution in [3.63, 3.8) is 0 Å². The van der Waals surface area contributed by atoms with Gasteiger partial charge < -0.3 is 0 Å². The molecule has 0 saturated heterocycles. The molecule has 1 atom stereocenters. The molecule has 0 aliphatic heterocycles. The van der Waals surface area contributed by atoms with Crippen LogP contribution in [0, 0.1) is 5.92 Å². The standard InChI is InChI=1S/C10H11F9O3S.C7H12OS/c11-7(12,9(15,16)17)8(13,14)10(18,19)23(20,21)22-6-4-2-1-3-5-6;8-7-4-2-1-3-6(7)5-9/h6H,1-5H2;6,9H,1-5H2/p+1. The number of rotatable bonds is 6. The van der Waals surface area contributed by atoms with Gasteiger partial charge in [-0.15, -0.1) is 0 Å². The van der Waals surface area contributed by atoms with Crippen LogP contribution >= 0.6 is 0 Å². The van der Waals surface area contributed by atoms with Crippen LogP contribution in [-0.2, 0) is 31.7 Å². The van der Waals surface area contributed by atoms with Crippen LogP contribution in [0.1, 0.15) is 57.8 Å². The summed E-state index contributed by atoms with van der Waals surface area (Å²) >= 11 is 3.38. The van der Waals surface area contributed by atoms with Crippen molar-refractivity contribution >= 4 is 28.5 Å². The van der Waals surface area contributed by atoms with Crippen molar-refractivity contribution in [3.8, 4) is 0 Å². The number of Topliss-reactive ketones (excluding diaryl/α,β-unsaturated/α-hetero) is 1. The molecule has 190 valence electrons. The van der Waals surface area contributed by atoms with Crippen molar-refractivity contribution in [2.75, 3.05) is 5.75 Å². The molecule has 15 heteroatoms. The Morgan fingerprint density at radius 1 is 0.812 bits per heavy atom. The fraction of sp³-hybridized carbons (Fsp3) is 0.941. The minimum Gasteiger partial charge on any atom is -0.299 e. The van der Waals surface area contributed by atoms with Gasteiger partial charge in [-0.3, -0.25) is 8.98 Å². The first-order chi connectivity index (χ1) is 14.4. The molecular formula is C17H24F9O4S2+. The number of ketones is 1. The summed E-state index contributed by atoms with van der Waals surface area (Å²) in [6.45, 7) is 0. The molecule has 2 rings (SSSR count). The van der Waals surface area contributed by atoms with E-state index in [4.69, 9.17) is 0 Å². The van der Waals surface area contributed by atoms with Crippen LogP contribution in [0.3, 0.4) is 0 Å². The van der Waals surface area contributed by atoms with E-state index in [2.05, 4.69) is 16.8 Å². The van der Waals surface area contributed by atoms with Crippen molar-refractivity contribution in [2.24, 2.45) is 5.92 Å². The fourth-order valence-electron chi connectivity index (χ4n) is 3.19. The second-order valence-corrected chi connectivity index (χ2v) is 9.61. The molecule has 2 saturated carbocycles. The lowest BCUT2D eigenvalue weighted by Crippen LogP contribution is -2.63. The number of alkyl halides is 9. The molecule has 0 heterocycles. The quantitative estimate of drug-likeness (QED) is 0.282. The van der Waals surface area contributed by atoms with Crippen molar-refractivity contribution in [3.05, 3.63) is 0 Å². The van der Waals surface area contributed by atoms with Crippen LogP contribution in [0.25, 0.3) is 0 Å². The van der Waals surface area contributed by atoms with E-state index in [-0.39, 0.29) is 12.8 Å². The van der Waals surface area contributed by atoms with Crippen molar-refractivity contribution in [1.82, 2.24) is 0 Å². The Morgan fingerprint density at radius 3 is 1.72 bits per heavy atom. The Morgan fingerprint density at radius 2 is 1.31 bits per heavy atom. The van der Waals surface area contributed by atoms with Crippen molar-refractivity contribution < 1.29 is 56.9 Å². The van der Waals surface area contributed by atoms with Gasteiger partial charge in [0.15, 0.2) is 0 Å². The second kappa shape index (κ2) is 10.7. The summed E-state index contributed by atoms with van der Waals surface area (Å²) in [4.78, 5) is 11.0. The first-order valence-electron chi connectivity index (χ1n) is 9.72. The Hall–Kier alpha value is -0.700. The van der Waals surface area contributed by atoms with Gasteiger partial charge in [-0.05, 0) is 38.3 Å². The maximum atomic E-state index is 13.3. The van der Waals surface area contributed by atoms with Gasteiger partial charge >= 0.3 is 33.4 Å². The summed E-state index contributed by atoms with van der Waals surface area (Å²) in [6.07, 6.45) is -3.36. The van der Waals surface area contributed by atoms with Gasteiger partial charge in [0.2, 0.25) is 0 Å². The van der Waals surface area contributed by atoms with Gasteiger partial charge in [-0.25, -0.2) is 0 Å². The maximum absolute atomic E-state index is 13.3. The van der Waals surface area contributed by atoms with Gasteiger partial charge in [0, 0.05) is 6.42 Å². The van der Waals surface area contributed by atoms with Gasteiger partial charge in [0.1, 0.15) is 11.5 Å². The molecule has 0 spiro atoms. The van der Waals surface area contributed by atoms with Crippen molar-refractivity contribution in [2.45, 2.75) is 87.2 Å². The average molecular weight is 527 g/mol. The molecule has 1 unspecified atom stereocenters. The first-order valence-corrected chi connectivity index (χ1v) is 11.8. The molecule has 0 aromatic carbocycles. The first kappa shape index (κ1) is 29.3. The highest BCUT2D eigenvalue weighted by atomic mass is 32.2. The maximum Gasteiger partial charge on any atom is 0.460 e. The molecule has 4 nitrogen and oxygen atoms in total. The Kier molecular flexibility index (Phi) is 9.81. The van der Waals surface area contributed by atoms with E-state index in [9.17, 15) is 52.7 Å². The van der Waals surface area contributed by atoms with Crippen LogP contribution in [-0.4, -0.2) is 49.3 Å². The van der Waals surface area contributed by atoms with E-state index >= 15 is 0 Å². The monoisotopic (exact) mass is 527 g/mol. The summed E-state index contributed by atoms with van der Waals surface area (Å²) in [5, 5.41) is -6.77. The lowest BCUT2D eigenvalue weighted by molar-refractivity contribution is -0.382. The van der Waals surface area contributed by atoms with Crippen LogP contribution in [0.4, 0.5) is 39.5 Å². The number of carbonyl (C=O) groups excluding carboxylic acids is 1.